The molecule has 0 radical (unpaired) electrons. The van der Waals surface area contributed by atoms with E-state index in [0.29, 0.717) is 0 Å². The molecule has 1 heterocycles. The molecule has 0 aromatic heterocycles. The molecule has 1 saturated heterocycles. The zero-order valence-corrected chi connectivity index (χ0v) is 14.0. The highest BCUT2D eigenvalue weighted by Crippen LogP contribution is 2.41. The average Bonchev–Trinajstić information content (AvgIpc) is 2.88. The van der Waals surface area contributed by atoms with Crippen LogP contribution in [-0.2, 0) is 13.6 Å². The van der Waals surface area contributed by atoms with E-state index in [1.54, 1.807) is 0 Å². The minimum Gasteiger partial charge on any atom is -0.390 e. The molecule has 0 amide bonds. The molecule has 1 aliphatic carbocycles. The van der Waals surface area contributed by atoms with Gasteiger partial charge in [0.15, 0.2) is 0 Å². The van der Waals surface area contributed by atoms with Crippen LogP contribution in [0.1, 0.15) is 20.8 Å². The maximum absolute atomic E-state index is 9.77. The van der Waals surface area contributed by atoms with Crippen molar-refractivity contribution in [2.24, 2.45) is 0 Å². The van der Waals surface area contributed by atoms with Gasteiger partial charge < -0.3 is 18.7 Å². The van der Waals surface area contributed by atoms with Crippen molar-refractivity contribution in [3.05, 3.63) is 10.6 Å². The molecule has 0 aromatic carbocycles. The Hall–Kier alpha value is 0.277. The molecule has 1 fully saturated rings. The Morgan fingerprint density at radius 1 is 1.33 bits per heavy atom. The molecule has 4 atom stereocenters. The smallest absolute Gasteiger partial charge is 0.332 e. The van der Waals surface area contributed by atoms with Gasteiger partial charge in [-0.3, -0.25) is 0 Å². The lowest BCUT2D eigenvalue weighted by Gasteiger charge is -2.34. The highest BCUT2D eigenvalue weighted by molar-refractivity contribution is 9.11. The summed E-state index contributed by atoms with van der Waals surface area (Å²) in [6.45, 7) is 10.1. The third-order valence-electron chi connectivity index (χ3n) is 2.77. The van der Waals surface area contributed by atoms with Gasteiger partial charge in [-0.2, -0.15) is 0 Å². The first kappa shape index (κ1) is 14.7. The molecule has 1 N–H and O–H groups in total. The summed E-state index contributed by atoms with van der Waals surface area (Å²) < 4.78 is 18.3. The Kier molecular flexibility index (Phi) is 3.82. The van der Waals surface area contributed by atoms with Crippen molar-refractivity contribution in [1.82, 2.24) is 0 Å². The predicted octanol–water partition coefficient (Wildman–Crippen LogP) is 2.31. The Morgan fingerprint density at radius 2 is 1.94 bits per heavy atom. The van der Waals surface area contributed by atoms with Crippen LogP contribution in [0.3, 0.4) is 0 Å². The SMILES string of the molecule is CC(C)(C)O[Si](C)(C)O[C@@H]1C=C(Br)[C@@H](O)[C@@H]2O[C@@H]21. The van der Waals surface area contributed by atoms with E-state index >= 15 is 0 Å². The number of epoxide rings is 1. The van der Waals surface area contributed by atoms with Gasteiger partial charge in [-0.15, -0.1) is 0 Å². The molecule has 18 heavy (non-hydrogen) atoms. The normalized spacial score (nSPS) is 36.1. The highest BCUT2D eigenvalue weighted by atomic mass is 79.9. The van der Waals surface area contributed by atoms with Gasteiger partial charge in [-0.25, -0.2) is 0 Å². The predicted molar refractivity (Wildman–Crippen MR) is 74.9 cm³/mol. The molecule has 0 bridgehead atoms. The molecule has 0 unspecified atom stereocenters. The lowest BCUT2D eigenvalue weighted by molar-refractivity contribution is 0.0505. The molecule has 6 heteroatoms. The summed E-state index contributed by atoms with van der Waals surface area (Å²) in [5.74, 6) is 0. The Bertz CT molecular complexity index is 364. The molecule has 0 aromatic rings. The van der Waals surface area contributed by atoms with Crippen molar-refractivity contribution < 1.29 is 18.7 Å². The lowest BCUT2D eigenvalue weighted by Crippen LogP contribution is -2.46. The van der Waals surface area contributed by atoms with Crippen LogP contribution in [0, 0.1) is 0 Å². The Labute approximate surface area is 118 Å². The van der Waals surface area contributed by atoms with Crippen LogP contribution in [0.5, 0.6) is 0 Å². The van der Waals surface area contributed by atoms with Crippen LogP contribution in [0.15, 0.2) is 10.6 Å². The second-order valence-corrected chi connectivity index (χ2v) is 10.4. The van der Waals surface area contributed by atoms with E-state index in [2.05, 4.69) is 15.9 Å². The summed E-state index contributed by atoms with van der Waals surface area (Å²) in [4.78, 5) is 0. The Balaban J connectivity index is 2.02. The fraction of sp³-hybridized carbons (Fsp3) is 0.833. The maximum atomic E-state index is 9.77. The van der Waals surface area contributed by atoms with Crippen LogP contribution in [0.25, 0.3) is 0 Å². The summed E-state index contributed by atoms with van der Waals surface area (Å²) in [7, 11) is -2.22. The first-order chi connectivity index (χ1) is 8.09. The number of rotatable bonds is 3. The zero-order chi connectivity index (χ0) is 13.7. The first-order valence-electron chi connectivity index (χ1n) is 6.18. The van der Waals surface area contributed by atoms with Crippen LogP contribution in [-0.4, -0.2) is 43.7 Å². The number of ether oxygens (including phenoxy) is 1. The maximum Gasteiger partial charge on any atom is 0.332 e. The first-order valence-corrected chi connectivity index (χ1v) is 9.79. The second-order valence-electron chi connectivity index (χ2n) is 6.26. The van der Waals surface area contributed by atoms with Crippen LogP contribution in [0.2, 0.25) is 13.1 Å². The zero-order valence-electron chi connectivity index (χ0n) is 11.4. The summed E-state index contributed by atoms with van der Waals surface area (Å²) >= 11 is 3.36. The number of aliphatic hydroxyl groups is 1. The van der Waals surface area contributed by atoms with Gasteiger partial charge in [0.2, 0.25) is 0 Å². The topological polar surface area (TPSA) is 51.2 Å². The van der Waals surface area contributed by atoms with Gasteiger partial charge >= 0.3 is 8.56 Å². The molecular formula is C12H21BrO4Si. The van der Waals surface area contributed by atoms with Crippen molar-refractivity contribution in [2.45, 2.75) is 63.9 Å². The number of fused-ring (bicyclic) bond motifs is 1. The monoisotopic (exact) mass is 336 g/mol. The second kappa shape index (κ2) is 4.68. The molecule has 1 aliphatic heterocycles. The molecule has 0 spiro atoms. The summed E-state index contributed by atoms with van der Waals surface area (Å²) in [6, 6.07) is 0. The fourth-order valence-corrected chi connectivity index (χ4v) is 5.25. The van der Waals surface area contributed by atoms with Crippen LogP contribution in [0.4, 0.5) is 0 Å². The molecule has 2 rings (SSSR count). The van der Waals surface area contributed by atoms with E-state index < -0.39 is 14.7 Å². The summed E-state index contributed by atoms with van der Waals surface area (Å²) in [6.07, 6.45) is 1.05. The standard InChI is InChI=1S/C12H21BrO4Si/c1-12(2,3)17-18(4,5)16-8-6-7(13)9(14)11-10(8)15-11/h6,8-11,14H,1-5H3/t8-,9-,10-,11+/m1/s1. The van der Waals surface area contributed by atoms with Gasteiger partial charge in [-0.1, -0.05) is 15.9 Å². The van der Waals surface area contributed by atoms with Crippen LogP contribution < -0.4 is 0 Å². The van der Waals surface area contributed by atoms with E-state index in [4.69, 9.17) is 13.6 Å². The quantitative estimate of drug-likeness (QED) is 0.634. The summed E-state index contributed by atoms with van der Waals surface area (Å²) in [5.41, 5.74) is -0.214. The largest absolute Gasteiger partial charge is 0.390 e. The van der Waals surface area contributed by atoms with Gasteiger partial charge in [0.05, 0.1) is 11.7 Å². The lowest BCUT2D eigenvalue weighted by atomic mass is 10.0. The van der Waals surface area contributed by atoms with E-state index in [0.717, 1.165) is 4.48 Å². The Morgan fingerprint density at radius 3 is 2.50 bits per heavy atom. The molecule has 0 saturated carbocycles. The molecule has 2 aliphatic rings. The van der Waals surface area contributed by atoms with Crippen molar-refractivity contribution in [1.29, 1.82) is 0 Å². The van der Waals surface area contributed by atoms with Gasteiger partial charge in [0, 0.05) is 4.48 Å². The minimum absolute atomic E-state index is 0.0309. The van der Waals surface area contributed by atoms with E-state index in [1.807, 2.05) is 39.9 Å². The third-order valence-corrected chi connectivity index (χ3v) is 5.45. The number of hydrogen-bond donors (Lipinski definition) is 1. The van der Waals surface area contributed by atoms with Gasteiger partial charge in [0.1, 0.15) is 18.3 Å². The average molecular weight is 337 g/mol. The number of aliphatic hydroxyl groups excluding tert-OH is 1. The molecule has 4 nitrogen and oxygen atoms in total. The van der Waals surface area contributed by atoms with Crippen molar-refractivity contribution >= 4 is 24.5 Å². The third kappa shape index (κ3) is 3.43. The van der Waals surface area contributed by atoms with E-state index in [-0.39, 0.29) is 23.9 Å². The van der Waals surface area contributed by atoms with E-state index in [9.17, 15) is 5.11 Å². The van der Waals surface area contributed by atoms with Gasteiger partial charge in [-0.05, 0) is 39.9 Å². The van der Waals surface area contributed by atoms with Gasteiger partial charge in [0.25, 0.3) is 0 Å². The van der Waals surface area contributed by atoms with Crippen molar-refractivity contribution in [3.63, 3.8) is 0 Å². The molecule has 104 valence electrons. The number of hydrogen-bond acceptors (Lipinski definition) is 4. The van der Waals surface area contributed by atoms with Crippen molar-refractivity contribution in [2.75, 3.05) is 0 Å². The highest BCUT2D eigenvalue weighted by Gasteiger charge is 2.54. The van der Waals surface area contributed by atoms with E-state index in [1.165, 1.54) is 0 Å². The van der Waals surface area contributed by atoms with Crippen LogP contribution >= 0.6 is 15.9 Å². The summed E-state index contributed by atoms with van der Waals surface area (Å²) in [5, 5.41) is 9.77. The van der Waals surface area contributed by atoms with Crippen molar-refractivity contribution in [3.8, 4) is 0 Å². The fourth-order valence-electron chi connectivity index (χ4n) is 2.35. The molecular weight excluding hydrogens is 316 g/mol. The minimum atomic E-state index is -2.22. The number of halogens is 1.